The van der Waals surface area contributed by atoms with Gasteiger partial charge >= 0.3 is 0 Å². The number of fused-ring (bicyclic) bond motifs is 2. The van der Waals surface area contributed by atoms with E-state index in [0.29, 0.717) is 10.8 Å². The highest BCUT2D eigenvalue weighted by Crippen LogP contribution is 2.29. The van der Waals surface area contributed by atoms with E-state index in [2.05, 4.69) is 20.4 Å². The Labute approximate surface area is 127 Å². The van der Waals surface area contributed by atoms with Crippen LogP contribution in [0.3, 0.4) is 0 Å². The Hall–Kier alpha value is -2.14. The second-order valence-electron chi connectivity index (χ2n) is 5.20. The molecular formula is C15H14ClN5. The van der Waals surface area contributed by atoms with E-state index in [9.17, 15) is 0 Å². The number of anilines is 2. The van der Waals surface area contributed by atoms with E-state index < -0.39 is 0 Å². The summed E-state index contributed by atoms with van der Waals surface area (Å²) in [5.74, 6) is 1.59. The van der Waals surface area contributed by atoms with E-state index in [1.54, 1.807) is 4.52 Å². The van der Waals surface area contributed by atoms with E-state index in [1.807, 2.05) is 24.3 Å². The quantitative estimate of drug-likeness (QED) is 0.788. The fourth-order valence-electron chi connectivity index (χ4n) is 2.82. The number of hydrogen-bond donors (Lipinski definition) is 1. The molecule has 3 aromatic rings. The first-order chi connectivity index (χ1) is 10.3. The van der Waals surface area contributed by atoms with Gasteiger partial charge in [-0.05, 0) is 43.9 Å². The van der Waals surface area contributed by atoms with Crippen molar-refractivity contribution in [2.75, 3.05) is 5.32 Å². The minimum atomic E-state index is 0.639. The molecule has 0 aliphatic heterocycles. The third kappa shape index (κ3) is 2.23. The fraction of sp³-hybridized carbons (Fsp3) is 0.267. The van der Waals surface area contributed by atoms with Crippen molar-refractivity contribution in [2.45, 2.75) is 25.7 Å². The van der Waals surface area contributed by atoms with Crippen LogP contribution in [0.4, 0.5) is 11.5 Å². The molecule has 1 N–H and O–H groups in total. The van der Waals surface area contributed by atoms with Crippen LogP contribution in [0.15, 0.2) is 30.6 Å². The number of benzene rings is 1. The summed E-state index contributed by atoms with van der Waals surface area (Å²) in [6, 6.07) is 7.68. The van der Waals surface area contributed by atoms with Crippen molar-refractivity contribution in [1.29, 1.82) is 0 Å². The number of nitrogens with zero attached hydrogens (tertiary/aromatic N) is 4. The number of aromatic nitrogens is 4. The molecule has 2 aromatic heterocycles. The van der Waals surface area contributed by atoms with E-state index in [0.717, 1.165) is 30.0 Å². The largest absolute Gasteiger partial charge is 0.340 e. The molecule has 0 fully saturated rings. The summed E-state index contributed by atoms with van der Waals surface area (Å²) in [5.41, 5.74) is 3.31. The molecule has 4 rings (SSSR count). The third-order valence-corrected chi connectivity index (χ3v) is 4.02. The lowest BCUT2D eigenvalue weighted by molar-refractivity contribution is 0.662. The third-order valence-electron chi connectivity index (χ3n) is 3.79. The van der Waals surface area contributed by atoms with Crippen LogP contribution in [0.2, 0.25) is 5.02 Å². The molecule has 2 heterocycles. The second-order valence-corrected chi connectivity index (χ2v) is 5.64. The molecule has 1 aromatic carbocycles. The van der Waals surface area contributed by atoms with Gasteiger partial charge in [0.25, 0.3) is 5.78 Å². The molecule has 0 amide bonds. The van der Waals surface area contributed by atoms with Crippen molar-refractivity contribution in [3.05, 3.63) is 46.9 Å². The molecule has 0 bridgehead atoms. The van der Waals surface area contributed by atoms with Gasteiger partial charge in [-0.15, -0.1) is 0 Å². The average Bonchev–Trinajstić information content (AvgIpc) is 2.95. The molecule has 0 saturated heterocycles. The Morgan fingerprint density at radius 2 is 2.10 bits per heavy atom. The van der Waals surface area contributed by atoms with Crippen LogP contribution in [0, 0.1) is 0 Å². The Balaban J connectivity index is 1.88. The highest BCUT2D eigenvalue weighted by molar-refractivity contribution is 6.30. The molecule has 0 radical (unpaired) electrons. The summed E-state index contributed by atoms with van der Waals surface area (Å²) < 4.78 is 1.77. The van der Waals surface area contributed by atoms with Crippen molar-refractivity contribution in [3.8, 4) is 0 Å². The van der Waals surface area contributed by atoms with Crippen LogP contribution in [0.1, 0.15) is 24.1 Å². The summed E-state index contributed by atoms with van der Waals surface area (Å²) in [4.78, 5) is 8.84. The van der Waals surface area contributed by atoms with Gasteiger partial charge in [-0.1, -0.05) is 17.7 Å². The molecule has 0 unspecified atom stereocenters. The van der Waals surface area contributed by atoms with Gasteiger partial charge < -0.3 is 5.32 Å². The number of nitrogens with one attached hydrogen (secondary N) is 1. The zero-order valence-corrected chi connectivity index (χ0v) is 12.1. The SMILES string of the molecule is Clc1cccc(Nc2c3c(nc4ncnn24)CCCC3)c1. The van der Waals surface area contributed by atoms with E-state index in [1.165, 1.54) is 24.7 Å². The van der Waals surface area contributed by atoms with Crippen LogP contribution in [-0.4, -0.2) is 19.6 Å². The normalized spacial score (nSPS) is 14.1. The van der Waals surface area contributed by atoms with Gasteiger partial charge in [-0.2, -0.15) is 14.6 Å². The molecular weight excluding hydrogens is 286 g/mol. The maximum atomic E-state index is 6.06. The number of rotatable bonds is 2. The maximum absolute atomic E-state index is 6.06. The first-order valence-electron chi connectivity index (χ1n) is 7.05. The van der Waals surface area contributed by atoms with Crippen molar-refractivity contribution < 1.29 is 0 Å². The van der Waals surface area contributed by atoms with Gasteiger partial charge in [0.1, 0.15) is 12.1 Å². The predicted molar refractivity (Wildman–Crippen MR) is 82.2 cm³/mol. The number of hydrogen-bond acceptors (Lipinski definition) is 4. The van der Waals surface area contributed by atoms with Crippen molar-refractivity contribution >= 4 is 28.9 Å². The standard InChI is InChI=1S/C15H14ClN5/c16-10-4-3-5-11(8-10)19-14-12-6-1-2-7-13(12)20-15-17-9-18-21(14)15/h3-5,8-9,19H,1-2,6-7H2. The lowest BCUT2D eigenvalue weighted by atomic mass is 9.96. The molecule has 1 aliphatic carbocycles. The molecule has 5 nitrogen and oxygen atoms in total. The van der Waals surface area contributed by atoms with Crippen LogP contribution in [0.5, 0.6) is 0 Å². The van der Waals surface area contributed by atoms with Crippen LogP contribution >= 0.6 is 11.6 Å². The Kier molecular flexibility index (Phi) is 3.00. The maximum Gasteiger partial charge on any atom is 0.254 e. The van der Waals surface area contributed by atoms with Gasteiger partial charge in [-0.3, -0.25) is 0 Å². The smallest absolute Gasteiger partial charge is 0.254 e. The van der Waals surface area contributed by atoms with Gasteiger partial charge in [0, 0.05) is 16.3 Å². The molecule has 106 valence electrons. The highest BCUT2D eigenvalue weighted by Gasteiger charge is 2.19. The van der Waals surface area contributed by atoms with Gasteiger partial charge in [-0.25, -0.2) is 4.98 Å². The van der Waals surface area contributed by atoms with Crippen molar-refractivity contribution in [2.24, 2.45) is 0 Å². The molecule has 1 aliphatic rings. The summed E-state index contributed by atoms with van der Waals surface area (Å²) in [7, 11) is 0. The average molecular weight is 300 g/mol. The minimum Gasteiger partial charge on any atom is -0.340 e. The second kappa shape index (κ2) is 5.00. The fourth-order valence-corrected chi connectivity index (χ4v) is 3.01. The first kappa shape index (κ1) is 12.6. The van der Waals surface area contributed by atoms with E-state index in [-0.39, 0.29) is 0 Å². The lowest BCUT2D eigenvalue weighted by Gasteiger charge is -2.20. The summed E-state index contributed by atoms with van der Waals surface area (Å²) in [6.45, 7) is 0. The number of aryl methyl sites for hydroxylation is 1. The van der Waals surface area contributed by atoms with Gasteiger partial charge in [0.15, 0.2) is 0 Å². The Bertz CT molecular complexity index is 811. The summed E-state index contributed by atoms with van der Waals surface area (Å²) >= 11 is 6.06. The van der Waals surface area contributed by atoms with Gasteiger partial charge in [0.2, 0.25) is 0 Å². The Morgan fingerprint density at radius 3 is 3.00 bits per heavy atom. The molecule has 0 saturated carbocycles. The molecule has 21 heavy (non-hydrogen) atoms. The van der Waals surface area contributed by atoms with Gasteiger partial charge in [0.05, 0.1) is 5.69 Å². The first-order valence-corrected chi connectivity index (χ1v) is 7.43. The number of halogens is 1. The highest BCUT2D eigenvalue weighted by atomic mass is 35.5. The van der Waals surface area contributed by atoms with E-state index >= 15 is 0 Å². The van der Waals surface area contributed by atoms with E-state index in [4.69, 9.17) is 11.6 Å². The zero-order valence-electron chi connectivity index (χ0n) is 11.4. The summed E-state index contributed by atoms with van der Waals surface area (Å²) in [6.07, 6.45) is 5.92. The molecule has 0 atom stereocenters. The zero-order chi connectivity index (χ0) is 14.2. The molecule has 0 spiro atoms. The van der Waals surface area contributed by atoms with Crippen molar-refractivity contribution in [3.63, 3.8) is 0 Å². The van der Waals surface area contributed by atoms with Crippen molar-refractivity contribution in [1.82, 2.24) is 19.6 Å². The minimum absolute atomic E-state index is 0.639. The van der Waals surface area contributed by atoms with Crippen LogP contribution in [0.25, 0.3) is 5.78 Å². The topological polar surface area (TPSA) is 55.1 Å². The predicted octanol–water partition coefficient (Wildman–Crippen LogP) is 3.40. The molecule has 6 heteroatoms. The van der Waals surface area contributed by atoms with Crippen LogP contribution in [-0.2, 0) is 12.8 Å². The summed E-state index contributed by atoms with van der Waals surface area (Å²) in [5, 5.41) is 8.44. The monoisotopic (exact) mass is 299 g/mol. The van der Waals surface area contributed by atoms with Crippen LogP contribution < -0.4 is 5.32 Å². The Morgan fingerprint density at radius 1 is 1.19 bits per heavy atom. The lowest BCUT2D eigenvalue weighted by Crippen LogP contribution is -2.13.